The van der Waals surface area contributed by atoms with Crippen LogP contribution in [-0.2, 0) is 9.84 Å². The highest BCUT2D eigenvalue weighted by Gasteiger charge is 2.29. The van der Waals surface area contributed by atoms with Crippen LogP contribution in [0.1, 0.15) is 58.8 Å². The largest absolute Gasteiger partial charge is 0.314 e. The number of hydrogen-bond acceptors (Lipinski definition) is 3. The summed E-state index contributed by atoms with van der Waals surface area (Å²) in [4.78, 5) is 0. The van der Waals surface area contributed by atoms with Gasteiger partial charge >= 0.3 is 0 Å². The predicted molar refractivity (Wildman–Crippen MR) is 80.0 cm³/mol. The zero-order chi connectivity index (χ0) is 13.9. The standard InChI is InChI=1S/C15H29NO2S/c1-12(2)19(17,18)10-9-13-5-3-4-6-14(13)11-16-15-7-8-15/h12-16H,3-11H2,1-2H3. The quantitative estimate of drug-likeness (QED) is 0.783. The van der Waals surface area contributed by atoms with E-state index in [4.69, 9.17) is 0 Å². The minimum atomic E-state index is -2.86. The molecule has 0 aromatic carbocycles. The Bertz CT molecular complexity index is 374. The van der Waals surface area contributed by atoms with E-state index in [-0.39, 0.29) is 5.25 Å². The smallest absolute Gasteiger partial charge is 0.152 e. The molecule has 0 saturated heterocycles. The summed E-state index contributed by atoms with van der Waals surface area (Å²) in [6, 6.07) is 0.766. The van der Waals surface area contributed by atoms with E-state index in [1.807, 2.05) is 0 Å². The number of sulfone groups is 1. The molecule has 0 heterocycles. The van der Waals surface area contributed by atoms with Gasteiger partial charge in [-0.05, 0) is 57.9 Å². The molecule has 2 saturated carbocycles. The van der Waals surface area contributed by atoms with Crippen molar-refractivity contribution in [2.45, 2.75) is 70.1 Å². The van der Waals surface area contributed by atoms with Crippen LogP contribution in [-0.4, -0.2) is 32.0 Å². The molecule has 0 aromatic heterocycles. The fourth-order valence-corrected chi connectivity index (χ4v) is 4.19. The van der Waals surface area contributed by atoms with Crippen LogP contribution in [0.15, 0.2) is 0 Å². The Labute approximate surface area is 118 Å². The number of rotatable bonds is 7. The molecule has 2 fully saturated rings. The van der Waals surface area contributed by atoms with Gasteiger partial charge in [-0.25, -0.2) is 8.42 Å². The van der Waals surface area contributed by atoms with Gasteiger partial charge in [-0.3, -0.25) is 0 Å². The zero-order valence-corrected chi connectivity index (χ0v) is 13.2. The van der Waals surface area contributed by atoms with Gasteiger partial charge in [0.1, 0.15) is 0 Å². The van der Waals surface area contributed by atoms with Crippen LogP contribution in [0.2, 0.25) is 0 Å². The minimum absolute atomic E-state index is 0.223. The highest BCUT2D eigenvalue weighted by atomic mass is 32.2. The van der Waals surface area contributed by atoms with E-state index in [0.717, 1.165) is 19.0 Å². The van der Waals surface area contributed by atoms with Crippen LogP contribution in [0.3, 0.4) is 0 Å². The van der Waals surface area contributed by atoms with Crippen LogP contribution in [0.5, 0.6) is 0 Å². The van der Waals surface area contributed by atoms with Crippen molar-refractivity contribution in [1.29, 1.82) is 0 Å². The summed E-state index contributed by atoms with van der Waals surface area (Å²) < 4.78 is 23.9. The van der Waals surface area contributed by atoms with Gasteiger partial charge in [0.15, 0.2) is 9.84 Å². The average Bonchev–Trinajstić information content (AvgIpc) is 3.18. The molecule has 2 unspecified atom stereocenters. The first-order valence-electron chi connectivity index (χ1n) is 7.94. The number of nitrogens with one attached hydrogen (secondary N) is 1. The first kappa shape index (κ1) is 15.3. The van der Waals surface area contributed by atoms with Gasteiger partial charge < -0.3 is 5.32 Å². The van der Waals surface area contributed by atoms with E-state index in [2.05, 4.69) is 5.32 Å². The fraction of sp³-hybridized carbons (Fsp3) is 1.00. The highest BCUT2D eigenvalue weighted by Crippen LogP contribution is 2.33. The summed E-state index contributed by atoms with van der Waals surface area (Å²) in [5.41, 5.74) is 0. The van der Waals surface area contributed by atoms with Gasteiger partial charge in [-0.15, -0.1) is 0 Å². The minimum Gasteiger partial charge on any atom is -0.314 e. The van der Waals surface area contributed by atoms with E-state index in [1.165, 1.54) is 38.5 Å². The maximum atomic E-state index is 11.9. The molecule has 0 amide bonds. The molecule has 2 rings (SSSR count). The third-order valence-electron chi connectivity index (χ3n) is 4.80. The molecule has 2 aliphatic rings. The van der Waals surface area contributed by atoms with Crippen molar-refractivity contribution in [3.8, 4) is 0 Å². The van der Waals surface area contributed by atoms with Crippen LogP contribution >= 0.6 is 0 Å². The maximum absolute atomic E-state index is 11.9. The zero-order valence-electron chi connectivity index (χ0n) is 12.4. The summed E-state index contributed by atoms with van der Waals surface area (Å²) in [6.07, 6.45) is 8.66. The molecule has 19 heavy (non-hydrogen) atoms. The van der Waals surface area contributed by atoms with Crippen molar-refractivity contribution >= 4 is 9.84 Å². The summed E-state index contributed by atoms with van der Waals surface area (Å²) in [5.74, 6) is 1.71. The lowest BCUT2D eigenvalue weighted by molar-refractivity contribution is 0.224. The van der Waals surface area contributed by atoms with Crippen molar-refractivity contribution in [1.82, 2.24) is 5.32 Å². The van der Waals surface area contributed by atoms with Crippen molar-refractivity contribution in [3.05, 3.63) is 0 Å². The maximum Gasteiger partial charge on any atom is 0.152 e. The lowest BCUT2D eigenvalue weighted by Crippen LogP contribution is -2.33. The third kappa shape index (κ3) is 4.75. The van der Waals surface area contributed by atoms with Crippen LogP contribution in [0.25, 0.3) is 0 Å². The molecule has 0 radical (unpaired) electrons. The van der Waals surface area contributed by atoms with Gasteiger partial charge in [0.05, 0.1) is 11.0 Å². The first-order valence-corrected chi connectivity index (χ1v) is 9.65. The van der Waals surface area contributed by atoms with Crippen molar-refractivity contribution in [2.24, 2.45) is 11.8 Å². The molecule has 0 spiro atoms. The second-order valence-electron chi connectivity index (χ2n) is 6.69. The topological polar surface area (TPSA) is 46.2 Å². The van der Waals surface area contributed by atoms with E-state index in [9.17, 15) is 8.42 Å². The second-order valence-corrected chi connectivity index (χ2v) is 9.37. The number of hydrogen-bond donors (Lipinski definition) is 1. The monoisotopic (exact) mass is 287 g/mol. The molecule has 0 aliphatic heterocycles. The van der Waals surface area contributed by atoms with Gasteiger partial charge in [-0.1, -0.05) is 19.3 Å². The summed E-state index contributed by atoms with van der Waals surface area (Å²) in [6.45, 7) is 4.70. The lowest BCUT2D eigenvalue weighted by Gasteiger charge is -2.32. The van der Waals surface area contributed by atoms with Crippen LogP contribution in [0, 0.1) is 11.8 Å². The first-order chi connectivity index (χ1) is 8.99. The van der Waals surface area contributed by atoms with Crippen molar-refractivity contribution in [3.63, 3.8) is 0 Å². The van der Waals surface area contributed by atoms with Crippen molar-refractivity contribution in [2.75, 3.05) is 12.3 Å². The van der Waals surface area contributed by atoms with E-state index in [0.29, 0.717) is 17.6 Å². The fourth-order valence-electron chi connectivity index (χ4n) is 3.09. The molecule has 2 aliphatic carbocycles. The Balaban J connectivity index is 1.81. The summed E-state index contributed by atoms with van der Waals surface area (Å²) in [7, 11) is -2.86. The van der Waals surface area contributed by atoms with E-state index in [1.54, 1.807) is 13.8 Å². The molecule has 112 valence electrons. The Morgan fingerprint density at radius 1 is 1.05 bits per heavy atom. The third-order valence-corrected chi connectivity index (χ3v) is 7.05. The van der Waals surface area contributed by atoms with E-state index >= 15 is 0 Å². The Morgan fingerprint density at radius 2 is 1.68 bits per heavy atom. The normalized spacial score (nSPS) is 28.8. The highest BCUT2D eigenvalue weighted by molar-refractivity contribution is 7.91. The molecule has 3 nitrogen and oxygen atoms in total. The Kier molecular flexibility index (Phi) is 5.29. The van der Waals surface area contributed by atoms with E-state index < -0.39 is 9.84 Å². The van der Waals surface area contributed by atoms with Crippen LogP contribution < -0.4 is 5.32 Å². The molecule has 1 N–H and O–H groups in total. The van der Waals surface area contributed by atoms with Crippen molar-refractivity contribution < 1.29 is 8.42 Å². The molecule has 2 atom stereocenters. The summed E-state index contributed by atoms with van der Waals surface area (Å²) >= 11 is 0. The van der Waals surface area contributed by atoms with Gasteiger partial charge in [0, 0.05) is 6.04 Å². The summed E-state index contributed by atoms with van der Waals surface area (Å²) in [5, 5.41) is 3.40. The molecular formula is C15H29NO2S. The Hall–Kier alpha value is -0.0900. The molecular weight excluding hydrogens is 258 g/mol. The molecule has 0 bridgehead atoms. The lowest BCUT2D eigenvalue weighted by atomic mass is 9.78. The van der Waals surface area contributed by atoms with Crippen LogP contribution in [0.4, 0.5) is 0 Å². The Morgan fingerprint density at radius 3 is 2.26 bits per heavy atom. The van der Waals surface area contributed by atoms with Gasteiger partial charge in [0.25, 0.3) is 0 Å². The second kappa shape index (κ2) is 6.57. The average molecular weight is 287 g/mol. The van der Waals surface area contributed by atoms with Gasteiger partial charge in [-0.2, -0.15) is 0 Å². The van der Waals surface area contributed by atoms with Gasteiger partial charge in [0.2, 0.25) is 0 Å². The molecule has 4 heteroatoms. The predicted octanol–water partition coefficient (Wildman–Crippen LogP) is 2.76. The molecule has 0 aromatic rings. The SMILES string of the molecule is CC(C)S(=O)(=O)CCC1CCCCC1CNC1CC1.